The van der Waals surface area contributed by atoms with E-state index >= 15 is 0 Å². The Labute approximate surface area is 68.1 Å². The van der Waals surface area contributed by atoms with E-state index in [-0.39, 0.29) is 0 Å². The van der Waals surface area contributed by atoms with Gasteiger partial charge in [0, 0.05) is 0 Å². The standard InChI is InChI=1S/C7H7BrN2/c1-3-6-5(2)9-4-7(8)10-6/h3-4H,1H2,2H3. The molecule has 10 heavy (non-hydrogen) atoms. The average Bonchev–Trinajstić information content (AvgIpc) is 1.94. The first-order chi connectivity index (χ1) is 4.74. The van der Waals surface area contributed by atoms with Gasteiger partial charge in [-0.3, -0.25) is 4.98 Å². The zero-order valence-corrected chi connectivity index (χ0v) is 7.22. The molecule has 0 aliphatic heterocycles. The van der Waals surface area contributed by atoms with Crippen LogP contribution in [0, 0.1) is 6.92 Å². The Kier molecular flexibility index (Phi) is 2.17. The molecule has 1 rings (SSSR count). The molecule has 2 nitrogen and oxygen atoms in total. The summed E-state index contributed by atoms with van der Waals surface area (Å²) < 4.78 is 0.744. The molecule has 1 heterocycles. The Morgan fingerprint density at radius 1 is 1.70 bits per heavy atom. The molecule has 0 aliphatic rings. The Morgan fingerprint density at radius 3 is 2.90 bits per heavy atom. The normalized spacial score (nSPS) is 9.40. The van der Waals surface area contributed by atoms with Crippen LogP contribution in [-0.4, -0.2) is 9.97 Å². The highest BCUT2D eigenvalue weighted by atomic mass is 79.9. The van der Waals surface area contributed by atoms with Crippen LogP contribution in [0.5, 0.6) is 0 Å². The minimum atomic E-state index is 0.744. The van der Waals surface area contributed by atoms with Crippen LogP contribution >= 0.6 is 15.9 Å². The van der Waals surface area contributed by atoms with Crippen molar-refractivity contribution in [3.8, 4) is 0 Å². The molecular weight excluding hydrogens is 192 g/mol. The maximum absolute atomic E-state index is 4.13. The smallest absolute Gasteiger partial charge is 0.125 e. The fourth-order valence-electron chi connectivity index (χ4n) is 0.634. The molecule has 52 valence electrons. The van der Waals surface area contributed by atoms with Crippen LogP contribution < -0.4 is 0 Å². The van der Waals surface area contributed by atoms with Crippen molar-refractivity contribution >= 4 is 22.0 Å². The molecule has 0 amide bonds. The van der Waals surface area contributed by atoms with Crippen molar-refractivity contribution in [1.82, 2.24) is 9.97 Å². The lowest BCUT2D eigenvalue weighted by molar-refractivity contribution is 1.07. The van der Waals surface area contributed by atoms with Gasteiger partial charge in [-0.15, -0.1) is 0 Å². The third-order valence-electron chi connectivity index (χ3n) is 1.16. The molecule has 0 atom stereocenters. The average molecular weight is 199 g/mol. The van der Waals surface area contributed by atoms with E-state index in [9.17, 15) is 0 Å². The molecule has 0 spiro atoms. The summed E-state index contributed by atoms with van der Waals surface area (Å²) in [5.74, 6) is 0. The van der Waals surface area contributed by atoms with Gasteiger partial charge in [-0.1, -0.05) is 6.58 Å². The van der Waals surface area contributed by atoms with Crippen LogP contribution in [0.2, 0.25) is 0 Å². The van der Waals surface area contributed by atoms with E-state index in [1.54, 1.807) is 12.3 Å². The molecule has 0 aromatic carbocycles. The monoisotopic (exact) mass is 198 g/mol. The summed E-state index contributed by atoms with van der Waals surface area (Å²) in [6, 6.07) is 0. The second-order valence-corrected chi connectivity index (χ2v) is 2.68. The molecule has 1 aromatic rings. The summed E-state index contributed by atoms with van der Waals surface area (Å²) >= 11 is 3.22. The van der Waals surface area contributed by atoms with Gasteiger partial charge < -0.3 is 0 Å². The zero-order chi connectivity index (χ0) is 7.56. The molecule has 0 fully saturated rings. The van der Waals surface area contributed by atoms with Gasteiger partial charge in [-0.25, -0.2) is 4.98 Å². The number of halogens is 1. The molecule has 0 saturated carbocycles. The second-order valence-electron chi connectivity index (χ2n) is 1.87. The molecular formula is C7H7BrN2. The molecule has 0 unspecified atom stereocenters. The number of hydrogen-bond donors (Lipinski definition) is 0. The quantitative estimate of drug-likeness (QED) is 0.692. The van der Waals surface area contributed by atoms with E-state index in [1.165, 1.54) is 0 Å². The predicted molar refractivity (Wildman–Crippen MR) is 44.6 cm³/mol. The van der Waals surface area contributed by atoms with E-state index in [4.69, 9.17) is 0 Å². The maximum atomic E-state index is 4.13. The lowest BCUT2D eigenvalue weighted by Crippen LogP contribution is -1.90. The molecule has 0 bridgehead atoms. The van der Waals surface area contributed by atoms with Crippen molar-refractivity contribution in [1.29, 1.82) is 0 Å². The molecule has 3 heteroatoms. The van der Waals surface area contributed by atoms with Gasteiger partial charge >= 0.3 is 0 Å². The first-order valence-corrected chi connectivity index (χ1v) is 3.65. The summed E-state index contributed by atoms with van der Waals surface area (Å²) in [6.07, 6.45) is 3.36. The Balaban J connectivity index is 3.21. The topological polar surface area (TPSA) is 25.8 Å². The maximum Gasteiger partial charge on any atom is 0.125 e. The number of aryl methyl sites for hydroxylation is 1. The fraction of sp³-hybridized carbons (Fsp3) is 0.143. The lowest BCUT2D eigenvalue weighted by Gasteiger charge is -1.96. The summed E-state index contributed by atoms with van der Waals surface area (Å²) in [7, 11) is 0. The summed E-state index contributed by atoms with van der Waals surface area (Å²) in [4.78, 5) is 8.20. The lowest BCUT2D eigenvalue weighted by atomic mass is 10.3. The van der Waals surface area contributed by atoms with Crippen molar-refractivity contribution < 1.29 is 0 Å². The summed E-state index contributed by atoms with van der Waals surface area (Å²) in [5, 5.41) is 0. The fourth-order valence-corrected chi connectivity index (χ4v) is 0.928. The van der Waals surface area contributed by atoms with Crippen molar-refractivity contribution in [2.24, 2.45) is 0 Å². The number of hydrogen-bond acceptors (Lipinski definition) is 2. The zero-order valence-electron chi connectivity index (χ0n) is 5.63. The Bertz CT molecular complexity index is 258. The minimum Gasteiger partial charge on any atom is -0.257 e. The number of aromatic nitrogens is 2. The number of nitrogens with zero attached hydrogens (tertiary/aromatic N) is 2. The molecule has 1 aromatic heterocycles. The summed E-state index contributed by atoms with van der Waals surface area (Å²) in [5.41, 5.74) is 1.73. The third kappa shape index (κ3) is 1.42. The van der Waals surface area contributed by atoms with Crippen molar-refractivity contribution in [3.05, 3.63) is 28.8 Å². The predicted octanol–water partition coefficient (Wildman–Crippen LogP) is 2.19. The largest absolute Gasteiger partial charge is 0.257 e. The van der Waals surface area contributed by atoms with Crippen molar-refractivity contribution in [3.63, 3.8) is 0 Å². The van der Waals surface area contributed by atoms with Gasteiger partial charge in [-0.05, 0) is 28.9 Å². The molecule has 0 N–H and O–H groups in total. The van der Waals surface area contributed by atoms with E-state index in [0.717, 1.165) is 16.0 Å². The number of rotatable bonds is 1. The Hall–Kier alpha value is -0.700. The first-order valence-electron chi connectivity index (χ1n) is 2.85. The van der Waals surface area contributed by atoms with Crippen LogP contribution in [0.25, 0.3) is 6.08 Å². The van der Waals surface area contributed by atoms with Crippen LogP contribution in [0.1, 0.15) is 11.4 Å². The first kappa shape index (κ1) is 7.41. The van der Waals surface area contributed by atoms with Crippen molar-refractivity contribution in [2.45, 2.75) is 6.92 Å². The van der Waals surface area contributed by atoms with Crippen LogP contribution in [-0.2, 0) is 0 Å². The second kappa shape index (κ2) is 2.92. The minimum absolute atomic E-state index is 0.744. The van der Waals surface area contributed by atoms with E-state index < -0.39 is 0 Å². The molecule has 0 saturated heterocycles. The summed E-state index contributed by atoms with van der Waals surface area (Å²) in [6.45, 7) is 5.51. The van der Waals surface area contributed by atoms with Gasteiger partial charge in [0.2, 0.25) is 0 Å². The molecule has 0 aliphatic carbocycles. The van der Waals surface area contributed by atoms with Gasteiger partial charge in [-0.2, -0.15) is 0 Å². The van der Waals surface area contributed by atoms with Gasteiger partial charge in [0.15, 0.2) is 0 Å². The molecule has 0 radical (unpaired) electrons. The van der Waals surface area contributed by atoms with Crippen LogP contribution in [0.3, 0.4) is 0 Å². The van der Waals surface area contributed by atoms with E-state index in [0.29, 0.717) is 0 Å². The highest BCUT2D eigenvalue weighted by Crippen LogP contribution is 2.08. The van der Waals surface area contributed by atoms with Crippen molar-refractivity contribution in [2.75, 3.05) is 0 Å². The Morgan fingerprint density at radius 2 is 2.40 bits per heavy atom. The highest BCUT2D eigenvalue weighted by Gasteiger charge is 1.95. The highest BCUT2D eigenvalue weighted by molar-refractivity contribution is 9.10. The van der Waals surface area contributed by atoms with Gasteiger partial charge in [0.05, 0.1) is 17.6 Å². The van der Waals surface area contributed by atoms with Crippen LogP contribution in [0.15, 0.2) is 17.4 Å². The van der Waals surface area contributed by atoms with Gasteiger partial charge in [0.1, 0.15) is 4.60 Å². The van der Waals surface area contributed by atoms with Gasteiger partial charge in [0.25, 0.3) is 0 Å². The third-order valence-corrected chi connectivity index (χ3v) is 1.54. The van der Waals surface area contributed by atoms with E-state index in [2.05, 4.69) is 32.5 Å². The van der Waals surface area contributed by atoms with E-state index in [1.807, 2.05) is 6.92 Å². The SMILES string of the molecule is C=Cc1nc(Br)cnc1C. The van der Waals surface area contributed by atoms with Crippen LogP contribution in [0.4, 0.5) is 0 Å².